The monoisotopic (exact) mass is 494 g/mol. The molecule has 0 aromatic carbocycles. The van der Waals surface area contributed by atoms with Crippen LogP contribution in [0, 0.1) is 23.7 Å². The van der Waals surface area contributed by atoms with Gasteiger partial charge in [0, 0.05) is 44.4 Å². The molecular formula is C27H50N4O4. The Morgan fingerprint density at radius 2 is 1.71 bits per heavy atom. The van der Waals surface area contributed by atoms with Crippen LogP contribution in [0.3, 0.4) is 0 Å². The molecule has 0 bridgehead atoms. The van der Waals surface area contributed by atoms with Gasteiger partial charge in [-0.3, -0.25) is 19.2 Å². The van der Waals surface area contributed by atoms with Gasteiger partial charge in [0.15, 0.2) is 0 Å². The minimum absolute atomic E-state index is 0.0436. The Kier molecular flexibility index (Phi) is 12.8. The Morgan fingerprint density at radius 3 is 2.23 bits per heavy atom. The van der Waals surface area contributed by atoms with Crippen LogP contribution in [0.2, 0.25) is 0 Å². The lowest BCUT2D eigenvalue weighted by Crippen LogP contribution is -2.54. The maximum atomic E-state index is 13.5. The van der Waals surface area contributed by atoms with Crippen molar-refractivity contribution in [2.45, 2.75) is 112 Å². The van der Waals surface area contributed by atoms with E-state index in [2.05, 4.69) is 19.2 Å². The van der Waals surface area contributed by atoms with Crippen molar-refractivity contribution in [3.63, 3.8) is 0 Å². The number of nitrogens with zero attached hydrogens (tertiary/aromatic N) is 2. The smallest absolute Gasteiger partial charge is 0.245 e. The number of hydrogen-bond donors (Lipinski definition) is 2. The molecular weight excluding hydrogens is 444 g/mol. The fraction of sp³-hybridized carbons (Fsp3) is 0.852. The minimum atomic E-state index is -0.591. The lowest BCUT2D eigenvalue weighted by molar-refractivity contribution is -0.140. The van der Waals surface area contributed by atoms with Crippen LogP contribution in [0.1, 0.15) is 93.4 Å². The molecule has 0 aromatic heterocycles. The highest BCUT2D eigenvalue weighted by atomic mass is 16.2. The number of likely N-dealkylation sites (N-methyl/N-ethyl adjacent to an activating group) is 1. The molecule has 202 valence electrons. The van der Waals surface area contributed by atoms with Gasteiger partial charge < -0.3 is 20.9 Å². The second-order valence-electron chi connectivity index (χ2n) is 11.3. The molecule has 0 saturated carbocycles. The first-order valence-corrected chi connectivity index (χ1v) is 13.4. The molecule has 35 heavy (non-hydrogen) atoms. The van der Waals surface area contributed by atoms with Crippen LogP contribution in [0.25, 0.3) is 0 Å². The van der Waals surface area contributed by atoms with Gasteiger partial charge in [-0.15, -0.1) is 0 Å². The Balaban J connectivity index is 2.89. The van der Waals surface area contributed by atoms with Crippen LogP contribution in [-0.4, -0.2) is 65.1 Å². The summed E-state index contributed by atoms with van der Waals surface area (Å²) in [6.07, 6.45) is 4.60. The van der Waals surface area contributed by atoms with Crippen LogP contribution in [0.4, 0.5) is 0 Å². The maximum Gasteiger partial charge on any atom is 0.245 e. The third kappa shape index (κ3) is 9.45. The van der Waals surface area contributed by atoms with E-state index in [1.165, 1.54) is 0 Å². The largest absolute Gasteiger partial charge is 0.369 e. The molecule has 8 heteroatoms. The fourth-order valence-corrected chi connectivity index (χ4v) is 4.98. The number of hydrogen-bond acceptors (Lipinski definition) is 4. The lowest BCUT2D eigenvalue weighted by atomic mass is 9.91. The molecule has 5 atom stereocenters. The average Bonchev–Trinajstić information content (AvgIpc) is 3.23. The van der Waals surface area contributed by atoms with Gasteiger partial charge >= 0.3 is 0 Å². The van der Waals surface area contributed by atoms with Gasteiger partial charge in [0.2, 0.25) is 23.6 Å². The fourth-order valence-electron chi connectivity index (χ4n) is 4.98. The number of carbonyl (C=O) groups excluding carboxylic acids is 4. The predicted octanol–water partition coefficient (Wildman–Crippen LogP) is 3.33. The van der Waals surface area contributed by atoms with E-state index in [1.54, 1.807) is 11.9 Å². The summed E-state index contributed by atoms with van der Waals surface area (Å²) < 4.78 is 0. The first-order chi connectivity index (χ1) is 16.3. The third-order valence-corrected chi connectivity index (χ3v) is 7.45. The molecule has 1 saturated heterocycles. The molecule has 0 aliphatic carbocycles. The summed E-state index contributed by atoms with van der Waals surface area (Å²) >= 11 is 0. The van der Waals surface area contributed by atoms with Crippen molar-refractivity contribution in [2.75, 3.05) is 13.6 Å². The van der Waals surface area contributed by atoms with Gasteiger partial charge in [0.25, 0.3) is 0 Å². The summed E-state index contributed by atoms with van der Waals surface area (Å²) in [6, 6.07) is -0.648. The van der Waals surface area contributed by atoms with Crippen LogP contribution in [-0.2, 0) is 19.2 Å². The topological polar surface area (TPSA) is 113 Å². The summed E-state index contributed by atoms with van der Waals surface area (Å²) in [4.78, 5) is 54.2. The molecule has 1 fully saturated rings. The average molecular weight is 495 g/mol. The number of nitrogens with two attached hydrogens (primary N) is 1. The number of rotatable bonds is 14. The maximum absolute atomic E-state index is 13.5. The first kappa shape index (κ1) is 30.9. The quantitative estimate of drug-likeness (QED) is 0.386. The first-order valence-electron chi connectivity index (χ1n) is 13.4. The molecule has 0 aromatic rings. The van der Waals surface area contributed by atoms with Crippen molar-refractivity contribution in [2.24, 2.45) is 29.4 Å². The molecule has 4 amide bonds. The van der Waals surface area contributed by atoms with Crippen molar-refractivity contribution in [3.05, 3.63) is 0 Å². The standard InChI is InChI=1S/C27H50N4O4/c1-9-19(6)22(30(8)27(35)25(18(4)5)29-23(32)15-17(2)3)12-13-24(33)31-14-10-11-21(31)16-20(7)26(28)34/h17-22,25H,9-16H2,1-8H3,(H2,28,34)(H,29,32)/t19-,20+,21-,22?,25-/m0/s1. The second kappa shape index (κ2) is 14.4. The van der Waals surface area contributed by atoms with Crippen molar-refractivity contribution < 1.29 is 19.2 Å². The van der Waals surface area contributed by atoms with Crippen molar-refractivity contribution >= 4 is 23.6 Å². The summed E-state index contributed by atoms with van der Waals surface area (Å²) in [7, 11) is 1.79. The van der Waals surface area contributed by atoms with Crippen LogP contribution in [0.5, 0.6) is 0 Å². The van der Waals surface area contributed by atoms with Gasteiger partial charge in [0.05, 0.1) is 0 Å². The van der Waals surface area contributed by atoms with E-state index in [4.69, 9.17) is 5.73 Å². The van der Waals surface area contributed by atoms with Gasteiger partial charge in [-0.05, 0) is 43.4 Å². The van der Waals surface area contributed by atoms with Crippen molar-refractivity contribution in [1.82, 2.24) is 15.1 Å². The predicted molar refractivity (Wildman–Crippen MR) is 139 cm³/mol. The van der Waals surface area contributed by atoms with Crippen LogP contribution >= 0.6 is 0 Å². The number of primary amides is 1. The molecule has 1 aliphatic rings. The Bertz CT molecular complexity index is 724. The zero-order valence-electron chi connectivity index (χ0n) is 23.3. The summed E-state index contributed by atoms with van der Waals surface area (Å²) in [6.45, 7) is 14.5. The summed E-state index contributed by atoms with van der Waals surface area (Å²) in [5, 5.41) is 2.94. The Morgan fingerprint density at radius 1 is 1.09 bits per heavy atom. The van der Waals surface area contributed by atoms with Gasteiger partial charge in [-0.2, -0.15) is 0 Å². The molecule has 0 spiro atoms. The van der Waals surface area contributed by atoms with Gasteiger partial charge in [-0.1, -0.05) is 54.9 Å². The van der Waals surface area contributed by atoms with E-state index in [-0.39, 0.29) is 59.4 Å². The molecule has 1 aliphatic heterocycles. The van der Waals surface area contributed by atoms with E-state index < -0.39 is 6.04 Å². The minimum Gasteiger partial charge on any atom is -0.369 e. The van der Waals surface area contributed by atoms with E-state index in [0.717, 1.165) is 19.3 Å². The molecule has 8 nitrogen and oxygen atoms in total. The van der Waals surface area contributed by atoms with Crippen LogP contribution in [0.15, 0.2) is 0 Å². The number of likely N-dealkylation sites (tertiary alicyclic amines) is 1. The van der Waals surface area contributed by atoms with Crippen LogP contribution < -0.4 is 11.1 Å². The van der Waals surface area contributed by atoms with Crippen molar-refractivity contribution in [3.8, 4) is 0 Å². The van der Waals surface area contributed by atoms with E-state index in [1.807, 2.05) is 39.5 Å². The Hall–Kier alpha value is -2.12. The van der Waals surface area contributed by atoms with Gasteiger partial charge in [0.1, 0.15) is 6.04 Å². The normalized spacial score (nSPS) is 19.4. The molecule has 1 rings (SSSR count). The number of nitrogens with one attached hydrogen (secondary N) is 1. The van der Waals surface area contributed by atoms with E-state index >= 15 is 0 Å². The van der Waals surface area contributed by atoms with E-state index in [0.29, 0.717) is 32.2 Å². The summed E-state index contributed by atoms with van der Waals surface area (Å²) in [5.74, 6) is -0.354. The number of amides is 4. The molecule has 1 heterocycles. The Labute approximate surface area is 212 Å². The number of carbonyl (C=O) groups is 4. The molecule has 1 unspecified atom stereocenters. The lowest BCUT2D eigenvalue weighted by Gasteiger charge is -2.36. The molecule has 3 N–H and O–H groups in total. The van der Waals surface area contributed by atoms with Gasteiger partial charge in [-0.25, -0.2) is 0 Å². The third-order valence-electron chi connectivity index (χ3n) is 7.45. The highest BCUT2D eigenvalue weighted by Crippen LogP contribution is 2.26. The highest BCUT2D eigenvalue weighted by Gasteiger charge is 2.34. The van der Waals surface area contributed by atoms with Crippen molar-refractivity contribution in [1.29, 1.82) is 0 Å². The highest BCUT2D eigenvalue weighted by molar-refractivity contribution is 5.88. The molecule has 0 radical (unpaired) electrons. The van der Waals surface area contributed by atoms with E-state index in [9.17, 15) is 19.2 Å². The summed E-state index contributed by atoms with van der Waals surface area (Å²) in [5.41, 5.74) is 5.44. The SMILES string of the molecule is CC[C@H](C)C(CCC(=O)N1CCC[C@H]1C[C@@H](C)C(N)=O)N(C)C(=O)[C@@H](NC(=O)CC(C)C)C(C)C. The second-order valence-corrected chi connectivity index (χ2v) is 11.3. The zero-order chi connectivity index (χ0) is 26.9. The zero-order valence-corrected chi connectivity index (χ0v) is 23.3.